The van der Waals surface area contributed by atoms with Crippen molar-refractivity contribution >= 4 is 34.9 Å². The quantitative estimate of drug-likeness (QED) is 0.777. The average Bonchev–Trinajstić information content (AvgIpc) is 2.40. The van der Waals surface area contributed by atoms with Crippen LogP contribution in [0.15, 0.2) is 18.2 Å². The van der Waals surface area contributed by atoms with E-state index in [-0.39, 0.29) is 12.6 Å². The number of halogens is 2. The summed E-state index contributed by atoms with van der Waals surface area (Å²) in [5.41, 5.74) is -0.0497. The Hall–Kier alpha value is -0.970. The second-order valence-electron chi connectivity index (χ2n) is 4.35. The molecule has 0 saturated carbocycles. The second kappa shape index (κ2) is 6.98. The number of aliphatic hydroxyl groups is 1. The number of carbonyl (C=O) groups is 1. The van der Waals surface area contributed by atoms with Crippen molar-refractivity contribution in [3.63, 3.8) is 0 Å². The summed E-state index contributed by atoms with van der Waals surface area (Å²) in [6.45, 7) is 3.73. The highest BCUT2D eigenvalue weighted by atomic mass is 35.5. The molecule has 0 aromatic heterocycles. The third kappa shape index (κ3) is 4.27. The fraction of sp³-hybridized carbons (Fsp3) is 0.462. The molecular formula is C13H18Cl2N2O2. The molecule has 2 amide bonds. The third-order valence-corrected chi connectivity index (χ3v) is 3.95. The Morgan fingerprint density at radius 3 is 2.37 bits per heavy atom. The van der Waals surface area contributed by atoms with Gasteiger partial charge in [-0.15, -0.1) is 0 Å². The molecular weight excluding hydrogens is 287 g/mol. The molecule has 0 atom stereocenters. The molecule has 0 aliphatic carbocycles. The highest BCUT2D eigenvalue weighted by Crippen LogP contribution is 2.25. The number of urea groups is 1. The summed E-state index contributed by atoms with van der Waals surface area (Å²) in [5, 5.41) is 15.6. The van der Waals surface area contributed by atoms with Crippen LogP contribution in [-0.2, 0) is 0 Å². The Bertz CT molecular complexity index is 440. The molecule has 0 aliphatic rings. The lowest BCUT2D eigenvalue weighted by molar-refractivity contribution is 0.155. The minimum absolute atomic E-state index is 0.102. The van der Waals surface area contributed by atoms with Gasteiger partial charge >= 0.3 is 6.03 Å². The van der Waals surface area contributed by atoms with E-state index in [9.17, 15) is 9.90 Å². The highest BCUT2D eigenvalue weighted by molar-refractivity contribution is 6.42. The van der Waals surface area contributed by atoms with Gasteiger partial charge in [-0.2, -0.15) is 0 Å². The first-order valence-electron chi connectivity index (χ1n) is 6.11. The van der Waals surface area contributed by atoms with Gasteiger partial charge in [0.1, 0.15) is 0 Å². The lowest BCUT2D eigenvalue weighted by Crippen LogP contribution is -2.51. The first-order chi connectivity index (χ1) is 8.96. The van der Waals surface area contributed by atoms with Crippen molar-refractivity contribution in [1.82, 2.24) is 5.32 Å². The molecule has 0 heterocycles. The number of hydrogen-bond donors (Lipinski definition) is 3. The fourth-order valence-electron chi connectivity index (χ4n) is 1.67. The van der Waals surface area contributed by atoms with Gasteiger partial charge < -0.3 is 15.7 Å². The van der Waals surface area contributed by atoms with Crippen LogP contribution in [0.4, 0.5) is 10.5 Å². The maximum absolute atomic E-state index is 11.9. The number of amides is 2. The molecule has 0 saturated heterocycles. The largest absolute Gasteiger partial charge is 0.394 e. The first kappa shape index (κ1) is 16.1. The summed E-state index contributed by atoms with van der Waals surface area (Å²) in [7, 11) is 0. The van der Waals surface area contributed by atoms with Crippen LogP contribution in [0.25, 0.3) is 0 Å². The predicted octanol–water partition coefficient (Wildman–Crippen LogP) is 3.67. The molecule has 0 unspecified atom stereocenters. The minimum Gasteiger partial charge on any atom is -0.394 e. The third-order valence-electron chi connectivity index (χ3n) is 3.21. The van der Waals surface area contributed by atoms with E-state index in [1.807, 2.05) is 13.8 Å². The number of aliphatic hydroxyl groups excluding tert-OH is 1. The summed E-state index contributed by atoms with van der Waals surface area (Å²) in [4.78, 5) is 11.9. The van der Waals surface area contributed by atoms with Crippen molar-refractivity contribution in [2.24, 2.45) is 0 Å². The zero-order valence-electron chi connectivity index (χ0n) is 11.0. The van der Waals surface area contributed by atoms with Crippen molar-refractivity contribution in [1.29, 1.82) is 0 Å². The van der Waals surface area contributed by atoms with Gasteiger partial charge in [0.05, 0.1) is 22.2 Å². The van der Waals surface area contributed by atoms with Gasteiger partial charge in [-0.25, -0.2) is 4.79 Å². The van der Waals surface area contributed by atoms with Gasteiger partial charge in [0.25, 0.3) is 0 Å². The molecule has 6 heteroatoms. The molecule has 1 aromatic carbocycles. The molecule has 0 fully saturated rings. The molecule has 0 aliphatic heterocycles. The van der Waals surface area contributed by atoms with Gasteiger partial charge in [-0.05, 0) is 31.0 Å². The molecule has 19 heavy (non-hydrogen) atoms. The summed E-state index contributed by atoms with van der Waals surface area (Å²) in [5.74, 6) is 0. The van der Waals surface area contributed by atoms with Gasteiger partial charge in [0, 0.05) is 5.69 Å². The van der Waals surface area contributed by atoms with Crippen LogP contribution in [0.5, 0.6) is 0 Å². The normalized spacial score (nSPS) is 11.2. The van der Waals surface area contributed by atoms with E-state index in [4.69, 9.17) is 23.2 Å². The smallest absolute Gasteiger partial charge is 0.319 e. The van der Waals surface area contributed by atoms with Crippen molar-refractivity contribution in [3.8, 4) is 0 Å². The van der Waals surface area contributed by atoms with Crippen LogP contribution in [0, 0.1) is 0 Å². The number of benzene rings is 1. The lowest BCUT2D eigenvalue weighted by Gasteiger charge is -2.30. The molecule has 0 radical (unpaired) electrons. The standard InChI is InChI=1S/C13H18Cl2N2O2/c1-3-13(4-2,8-18)17-12(19)16-9-5-6-10(14)11(15)7-9/h5-7,18H,3-4,8H2,1-2H3,(H2,16,17,19). The van der Waals surface area contributed by atoms with Gasteiger partial charge in [0.2, 0.25) is 0 Å². The van der Waals surface area contributed by atoms with E-state index in [2.05, 4.69) is 10.6 Å². The summed E-state index contributed by atoms with van der Waals surface area (Å²) < 4.78 is 0. The fourth-order valence-corrected chi connectivity index (χ4v) is 1.97. The summed E-state index contributed by atoms with van der Waals surface area (Å²) in [6.07, 6.45) is 1.30. The van der Waals surface area contributed by atoms with Crippen molar-refractivity contribution in [2.75, 3.05) is 11.9 Å². The zero-order valence-corrected chi connectivity index (χ0v) is 12.5. The predicted molar refractivity (Wildman–Crippen MR) is 79.0 cm³/mol. The molecule has 1 rings (SSSR count). The maximum atomic E-state index is 11.9. The molecule has 0 spiro atoms. The lowest BCUT2D eigenvalue weighted by atomic mass is 9.94. The Morgan fingerprint density at radius 1 is 1.26 bits per heavy atom. The van der Waals surface area contributed by atoms with Crippen LogP contribution in [-0.4, -0.2) is 23.3 Å². The Kier molecular flexibility index (Phi) is 5.91. The first-order valence-corrected chi connectivity index (χ1v) is 6.87. The number of rotatable bonds is 5. The van der Waals surface area contributed by atoms with E-state index in [0.717, 1.165) is 0 Å². The highest BCUT2D eigenvalue weighted by Gasteiger charge is 2.27. The number of nitrogens with one attached hydrogen (secondary N) is 2. The molecule has 3 N–H and O–H groups in total. The molecule has 1 aromatic rings. The van der Waals surface area contributed by atoms with Crippen molar-refractivity contribution in [2.45, 2.75) is 32.2 Å². The van der Waals surface area contributed by atoms with E-state index in [0.29, 0.717) is 28.6 Å². The van der Waals surface area contributed by atoms with Crippen LogP contribution in [0.3, 0.4) is 0 Å². The Morgan fingerprint density at radius 2 is 1.89 bits per heavy atom. The molecule has 106 valence electrons. The maximum Gasteiger partial charge on any atom is 0.319 e. The SMILES string of the molecule is CCC(CC)(CO)NC(=O)Nc1ccc(Cl)c(Cl)c1. The zero-order chi connectivity index (χ0) is 14.5. The van der Waals surface area contributed by atoms with E-state index >= 15 is 0 Å². The molecule has 0 bridgehead atoms. The van der Waals surface area contributed by atoms with Crippen LogP contribution in [0.1, 0.15) is 26.7 Å². The van der Waals surface area contributed by atoms with Gasteiger partial charge in [0.15, 0.2) is 0 Å². The topological polar surface area (TPSA) is 61.4 Å². The number of hydrogen-bond acceptors (Lipinski definition) is 2. The number of carbonyl (C=O) groups excluding carboxylic acids is 1. The second-order valence-corrected chi connectivity index (χ2v) is 5.17. The van der Waals surface area contributed by atoms with Gasteiger partial charge in [-0.3, -0.25) is 0 Å². The monoisotopic (exact) mass is 304 g/mol. The van der Waals surface area contributed by atoms with E-state index in [1.54, 1.807) is 18.2 Å². The van der Waals surface area contributed by atoms with E-state index < -0.39 is 5.54 Å². The molecule has 4 nitrogen and oxygen atoms in total. The van der Waals surface area contributed by atoms with Crippen LogP contribution in [0.2, 0.25) is 10.0 Å². The van der Waals surface area contributed by atoms with Crippen LogP contribution < -0.4 is 10.6 Å². The Balaban J connectivity index is 2.71. The Labute approximate surface area is 123 Å². The number of anilines is 1. The average molecular weight is 305 g/mol. The van der Waals surface area contributed by atoms with Crippen LogP contribution >= 0.6 is 23.2 Å². The van der Waals surface area contributed by atoms with Crippen molar-refractivity contribution in [3.05, 3.63) is 28.2 Å². The summed E-state index contributed by atoms with van der Waals surface area (Å²) >= 11 is 11.7. The van der Waals surface area contributed by atoms with Crippen molar-refractivity contribution < 1.29 is 9.90 Å². The minimum atomic E-state index is -0.597. The van der Waals surface area contributed by atoms with Gasteiger partial charge in [-0.1, -0.05) is 37.0 Å². The summed E-state index contributed by atoms with van der Waals surface area (Å²) in [6, 6.07) is 4.46. The van der Waals surface area contributed by atoms with E-state index in [1.165, 1.54) is 0 Å².